The fraction of sp³-hybridized carbons (Fsp3) is 0. The molecule has 0 saturated carbocycles. The molecule has 0 rings (SSSR count). The van der Waals surface area contributed by atoms with Crippen molar-refractivity contribution in [3.8, 4) is 12.3 Å². The van der Waals surface area contributed by atoms with Crippen LogP contribution in [0.2, 0.25) is 0 Å². The Balaban J connectivity index is 3.35. The largest absolute Gasteiger partial charge is 0.114 e. The summed E-state index contributed by atoms with van der Waals surface area (Å²) in [6.45, 7) is 3.35. The number of halogens is 1. The molecule has 0 amide bonds. The Morgan fingerprint density at radius 3 is 2.20 bits per heavy atom. The Labute approximate surface area is 40.0 Å². The Morgan fingerprint density at radius 1 is 2.00 bits per heavy atom. The number of terminal acetylenes is 1. The van der Waals surface area contributed by atoms with Crippen molar-refractivity contribution in [1.29, 1.82) is 0 Å². The van der Waals surface area contributed by atoms with Gasteiger partial charge < -0.3 is 0 Å². The summed E-state index contributed by atoms with van der Waals surface area (Å²) in [5.74, 6) is 2.25. The molecule has 0 N–H and O–H groups in total. The molecule has 0 aromatic heterocycles. The lowest BCUT2D eigenvalue weighted by Gasteiger charge is -1.63. The molecule has 5 heavy (non-hydrogen) atoms. The highest BCUT2D eigenvalue weighted by atomic mass is 79.9. The van der Waals surface area contributed by atoms with E-state index in [1.54, 1.807) is 0 Å². The molecule has 0 spiro atoms. The van der Waals surface area contributed by atoms with Crippen LogP contribution in [0, 0.1) is 12.3 Å². The number of hydrogen-bond donors (Lipinski definition) is 0. The van der Waals surface area contributed by atoms with E-state index in [1.165, 1.54) is 0 Å². The molecule has 0 heterocycles. The summed E-state index contributed by atoms with van der Waals surface area (Å²) in [5, 5.41) is 0. The van der Waals surface area contributed by atoms with Crippen LogP contribution in [0.5, 0.6) is 0 Å². The number of rotatable bonds is 0. The molecule has 0 aromatic rings. The van der Waals surface area contributed by atoms with Crippen LogP contribution >= 0.6 is 15.9 Å². The zero-order valence-electron chi connectivity index (χ0n) is 2.66. The van der Waals surface area contributed by atoms with E-state index in [0.29, 0.717) is 4.48 Å². The van der Waals surface area contributed by atoms with Crippen LogP contribution in [0.15, 0.2) is 11.1 Å². The molecule has 0 aliphatic carbocycles. The van der Waals surface area contributed by atoms with Crippen molar-refractivity contribution in [3.63, 3.8) is 0 Å². The van der Waals surface area contributed by atoms with Gasteiger partial charge in [-0.1, -0.05) is 12.5 Å². The smallest absolute Gasteiger partial charge is 0.0599 e. The first-order valence-corrected chi connectivity index (χ1v) is 1.87. The average molecular weight is 131 g/mol. The summed E-state index contributed by atoms with van der Waals surface area (Å²) >= 11 is 2.94. The lowest BCUT2D eigenvalue weighted by atomic mass is 10.7. The first kappa shape index (κ1) is 4.78. The minimum atomic E-state index is 0.595. The van der Waals surface area contributed by atoms with Gasteiger partial charge in [-0.3, -0.25) is 0 Å². The van der Waals surface area contributed by atoms with E-state index in [-0.39, 0.29) is 0 Å². The molecule has 0 unspecified atom stereocenters. The molecular weight excluding hydrogens is 128 g/mol. The van der Waals surface area contributed by atoms with E-state index in [0.717, 1.165) is 0 Å². The van der Waals surface area contributed by atoms with Crippen molar-refractivity contribution in [2.45, 2.75) is 0 Å². The molecule has 0 aromatic carbocycles. The Morgan fingerprint density at radius 2 is 2.20 bits per heavy atom. The van der Waals surface area contributed by atoms with Gasteiger partial charge in [-0.2, -0.15) is 0 Å². The van der Waals surface area contributed by atoms with E-state index >= 15 is 0 Å². The summed E-state index contributed by atoms with van der Waals surface area (Å²) in [4.78, 5) is 0. The van der Waals surface area contributed by atoms with Crippen molar-refractivity contribution in [2.75, 3.05) is 0 Å². The van der Waals surface area contributed by atoms with Gasteiger partial charge in [0.05, 0.1) is 4.48 Å². The van der Waals surface area contributed by atoms with Gasteiger partial charge in [-0.25, -0.2) is 0 Å². The Bertz CT molecular complexity index is 76.1. The zero-order valence-corrected chi connectivity index (χ0v) is 4.25. The highest BCUT2D eigenvalue weighted by Gasteiger charge is 1.62. The molecule has 26 valence electrons. The van der Waals surface area contributed by atoms with Crippen LogP contribution in [0.1, 0.15) is 0 Å². The summed E-state index contributed by atoms with van der Waals surface area (Å²) in [6.07, 6.45) is 4.77. The Kier molecular flexibility index (Phi) is 1.95. The third-order valence-electron chi connectivity index (χ3n) is 0.157. The SMILES string of the molecule is C#CC(=C)Br. The highest BCUT2D eigenvalue weighted by molar-refractivity contribution is 9.12. The van der Waals surface area contributed by atoms with Crippen LogP contribution in [-0.4, -0.2) is 0 Å². The molecule has 0 fully saturated rings. The van der Waals surface area contributed by atoms with E-state index in [9.17, 15) is 0 Å². The molecule has 0 aliphatic heterocycles. The predicted molar refractivity (Wildman–Crippen MR) is 26.9 cm³/mol. The van der Waals surface area contributed by atoms with Gasteiger partial charge in [-0.05, 0) is 15.9 Å². The molecule has 0 atom stereocenters. The monoisotopic (exact) mass is 130 g/mol. The molecule has 0 saturated heterocycles. The molecule has 0 radical (unpaired) electrons. The predicted octanol–water partition coefficient (Wildman–Crippen LogP) is 1.53. The quantitative estimate of drug-likeness (QED) is 0.437. The van der Waals surface area contributed by atoms with E-state index in [2.05, 4.69) is 28.4 Å². The van der Waals surface area contributed by atoms with Crippen LogP contribution in [0.4, 0.5) is 0 Å². The van der Waals surface area contributed by atoms with Gasteiger partial charge in [0.15, 0.2) is 0 Å². The topological polar surface area (TPSA) is 0 Å². The summed E-state index contributed by atoms with van der Waals surface area (Å²) in [7, 11) is 0. The van der Waals surface area contributed by atoms with Gasteiger partial charge in [0.1, 0.15) is 0 Å². The minimum Gasteiger partial charge on any atom is -0.114 e. The van der Waals surface area contributed by atoms with E-state index < -0.39 is 0 Å². The van der Waals surface area contributed by atoms with Crippen LogP contribution in [0.3, 0.4) is 0 Å². The van der Waals surface area contributed by atoms with E-state index in [4.69, 9.17) is 6.42 Å². The standard InChI is InChI=1S/C4H3Br/c1-3-4(2)5/h1H,2H2. The second-order valence-electron chi connectivity index (χ2n) is 0.549. The maximum atomic E-state index is 4.77. The maximum absolute atomic E-state index is 4.77. The van der Waals surface area contributed by atoms with Crippen LogP contribution in [-0.2, 0) is 0 Å². The van der Waals surface area contributed by atoms with Crippen molar-refractivity contribution in [2.24, 2.45) is 0 Å². The molecule has 1 heteroatoms. The fourth-order valence-electron chi connectivity index (χ4n) is 0. The van der Waals surface area contributed by atoms with Crippen molar-refractivity contribution < 1.29 is 0 Å². The van der Waals surface area contributed by atoms with Gasteiger partial charge in [-0.15, -0.1) is 6.42 Å². The molecular formula is C4H3Br. The first-order valence-electron chi connectivity index (χ1n) is 1.08. The summed E-state index contributed by atoms with van der Waals surface area (Å²) in [5.41, 5.74) is 0. The third-order valence-corrected chi connectivity index (χ3v) is 0.386. The van der Waals surface area contributed by atoms with E-state index in [1.807, 2.05) is 0 Å². The summed E-state index contributed by atoms with van der Waals surface area (Å²) in [6, 6.07) is 0. The minimum absolute atomic E-state index is 0.595. The van der Waals surface area contributed by atoms with Crippen molar-refractivity contribution >= 4 is 15.9 Å². The van der Waals surface area contributed by atoms with Gasteiger partial charge in [0, 0.05) is 0 Å². The second-order valence-corrected chi connectivity index (χ2v) is 1.51. The maximum Gasteiger partial charge on any atom is 0.0599 e. The molecule has 0 nitrogen and oxygen atoms in total. The lowest BCUT2D eigenvalue weighted by molar-refractivity contribution is 2.26. The average Bonchev–Trinajstić information content (AvgIpc) is 1.38. The lowest BCUT2D eigenvalue weighted by Crippen LogP contribution is -1.43. The van der Waals surface area contributed by atoms with Gasteiger partial charge in [0.2, 0.25) is 0 Å². The van der Waals surface area contributed by atoms with Crippen molar-refractivity contribution in [1.82, 2.24) is 0 Å². The molecule has 0 bridgehead atoms. The number of hydrogen-bond acceptors (Lipinski definition) is 0. The summed E-state index contributed by atoms with van der Waals surface area (Å²) < 4.78 is 0.595. The molecule has 0 aliphatic rings. The first-order chi connectivity index (χ1) is 2.27. The van der Waals surface area contributed by atoms with Crippen LogP contribution in [0.25, 0.3) is 0 Å². The van der Waals surface area contributed by atoms with Gasteiger partial charge in [0.25, 0.3) is 0 Å². The number of allylic oxidation sites excluding steroid dienone is 1. The normalized spacial score (nSPS) is 5.60. The highest BCUT2D eigenvalue weighted by Crippen LogP contribution is 1.93. The fourth-order valence-corrected chi connectivity index (χ4v) is 0. The zero-order chi connectivity index (χ0) is 4.28. The van der Waals surface area contributed by atoms with Crippen molar-refractivity contribution in [3.05, 3.63) is 11.1 Å². The third kappa shape index (κ3) is 3.78. The van der Waals surface area contributed by atoms with Crippen LogP contribution < -0.4 is 0 Å². The van der Waals surface area contributed by atoms with Gasteiger partial charge >= 0.3 is 0 Å². The second kappa shape index (κ2) is 2.04. The Hall–Kier alpha value is -0.220.